The molecule has 0 aromatic heterocycles. The monoisotopic (exact) mass is 318 g/mol. The van der Waals surface area contributed by atoms with Crippen molar-refractivity contribution in [2.75, 3.05) is 25.5 Å². The van der Waals surface area contributed by atoms with E-state index in [1.54, 1.807) is 7.11 Å². The smallest absolute Gasteiger partial charge is 0.228 e. The Bertz CT molecular complexity index is 530. The molecule has 1 radical (unpaired) electrons. The number of carbonyl (C=O) groups excluding carboxylic acids is 2. The van der Waals surface area contributed by atoms with Crippen LogP contribution in [0.15, 0.2) is 24.3 Å². The molecule has 23 heavy (non-hydrogen) atoms. The third-order valence-corrected chi connectivity index (χ3v) is 4.07. The van der Waals surface area contributed by atoms with Gasteiger partial charge in [-0.3, -0.25) is 9.59 Å². The van der Waals surface area contributed by atoms with Crippen LogP contribution in [0.2, 0.25) is 0 Å². The van der Waals surface area contributed by atoms with Gasteiger partial charge >= 0.3 is 0 Å². The summed E-state index contributed by atoms with van der Waals surface area (Å²) in [6.45, 7) is 1.09. The summed E-state index contributed by atoms with van der Waals surface area (Å²) in [6.07, 6.45) is 3.23. The molecule has 1 aromatic rings. The van der Waals surface area contributed by atoms with Crippen molar-refractivity contribution in [2.24, 2.45) is 11.7 Å². The van der Waals surface area contributed by atoms with Gasteiger partial charge in [0.15, 0.2) is 0 Å². The summed E-state index contributed by atoms with van der Waals surface area (Å²) in [6, 6.07) is 7.58. The van der Waals surface area contributed by atoms with E-state index in [0.29, 0.717) is 31.8 Å². The lowest BCUT2D eigenvalue weighted by molar-refractivity contribution is -0.127. The molecule has 1 aromatic carbocycles. The number of nitrogens with two attached hydrogens (primary N) is 1. The van der Waals surface area contributed by atoms with Gasteiger partial charge in [-0.1, -0.05) is 12.8 Å². The molecule has 0 heterocycles. The van der Waals surface area contributed by atoms with Crippen molar-refractivity contribution in [2.45, 2.75) is 25.7 Å². The number of ether oxygens (including phenoxy) is 1. The Morgan fingerprint density at radius 1 is 1.22 bits per heavy atom. The van der Waals surface area contributed by atoms with Crippen LogP contribution >= 0.6 is 0 Å². The fraction of sp³-hybridized carbons (Fsp3) is 0.471. The van der Waals surface area contributed by atoms with Crippen molar-refractivity contribution in [3.63, 3.8) is 0 Å². The summed E-state index contributed by atoms with van der Waals surface area (Å²) in [5, 5.41) is 6.08. The number of methoxy groups -OCH3 is 1. The normalized spacial score (nSPS) is 18.2. The van der Waals surface area contributed by atoms with Crippen LogP contribution in [-0.2, 0) is 9.59 Å². The first-order valence-electron chi connectivity index (χ1n) is 7.93. The first-order chi connectivity index (χ1) is 11.1. The fourth-order valence-corrected chi connectivity index (χ4v) is 2.80. The summed E-state index contributed by atoms with van der Waals surface area (Å²) in [5.41, 5.74) is 6.35. The van der Waals surface area contributed by atoms with Crippen LogP contribution in [0.1, 0.15) is 25.7 Å². The van der Waals surface area contributed by atoms with Crippen LogP contribution in [0.5, 0.6) is 5.75 Å². The number of benzene rings is 1. The number of nitrogens with one attached hydrogen (secondary N) is 2. The van der Waals surface area contributed by atoms with E-state index >= 15 is 0 Å². The summed E-state index contributed by atoms with van der Waals surface area (Å²) >= 11 is 0. The van der Waals surface area contributed by atoms with Crippen molar-refractivity contribution in [1.82, 2.24) is 5.32 Å². The molecule has 1 fully saturated rings. The highest BCUT2D eigenvalue weighted by molar-refractivity contribution is 5.96. The molecule has 0 bridgehead atoms. The zero-order valence-corrected chi connectivity index (χ0v) is 13.4. The second-order valence-corrected chi connectivity index (χ2v) is 5.64. The predicted octanol–water partition coefficient (Wildman–Crippen LogP) is 1.47. The van der Waals surface area contributed by atoms with Crippen LogP contribution < -0.4 is 21.1 Å². The van der Waals surface area contributed by atoms with Crippen LogP contribution in [-0.4, -0.2) is 32.0 Å². The minimum absolute atomic E-state index is 0.148. The van der Waals surface area contributed by atoms with Crippen molar-refractivity contribution < 1.29 is 14.3 Å². The van der Waals surface area contributed by atoms with Gasteiger partial charge in [-0.25, -0.2) is 0 Å². The standard InChI is InChI=1S/C17H24N3O3/c1-23-13-8-6-12(7-9-13)19-10-11-20-17(22)15-5-3-2-4-14(15)16(18)21/h6-9,14,19H,2-5,10-11H2,1H3,(H2,18,21)(H,20,22). The zero-order valence-electron chi connectivity index (χ0n) is 13.4. The maximum absolute atomic E-state index is 12.2. The molecular formula is C17H24N3O3. The van der Waals surface area contributed by atoms with Gasteiger partial charge in [-0.2, -0.15) is 0 Å². The van der Waals surface area contributed by atoms with Gasteiger partial charge in [0.25, 0.3) is 0 Å². The third-order valence-electron chi connectivity index (χ3n) is 4.07. The minimum Gasteiger partial charge on any atom is -0.497 e. The number of carbonyl (C=O) groups is 2. The molecule has 1 aliphatic rings. The van der Waals surface area contributed by atoms with E-state index in [9.17, 15) is 9.59 Å². The quantitative estimate of drug-likeness (QED) is 0.664. The number of rotatable bonds is 7. The number of primary amides is 1. The van der Waals surface area contributed by atoms with Crippen LogP contribution in [0.3, 0.4) is 0 Å². The molecular weight excluding hydrogens is 294 g/mol. The van der Waals surface area contributed by atoms with E-state index in [0.717, 1.165) is 24.3 Å². The van der Waals surface area contributed by atoms with Gasteiger partial charge < -0.3 is 21.1 Å². The van der Waals surface area contributed by atoms with Gasteiger partial charge in [-0.15, -0.1) is 0 Å². The molecule has 2 rings (SSSR count). The average molecular weight is 318 g/mol. The van der Waals surface area contributed by atoms with Gasteiger partial charge in [-0.05, 0) is 37.1 Å². The summed E-state index contributed by atoms with van der Waals surface area (Å²) in [7, 11) is 1.63. The van der Waals surface area contributed by atoms with Gasteiger partial charge in [0.1, 0.15) is 5.75 Å². The molecule has 125 valence electrons. The Kier molecular flexibility index (Phi) is 6.26. The molecule has 0 spiro atoms. The highest BCUT2D eigenvalue weighted by Gasteiger charge is 2.34. The second kappa shape index (κ2) is 8.41. The van der Waals surface area contributed by atoms with Crippen molar-refractivity contribution in [3.8, 4) is 5.75 Å². The van der Waals surface area contributed by atoms with E-state index in [4.69, 9.17) is 10.5 Å². The van der Waals surface area contributed by atoms with Gasteiger partial charge in [0, 0.05) is 18.8 Å². The van der Waals surface area contributed by atoms with Gasteiger partial charge in [0.2, 0.25) is 11.8 Å². The predicted molar refractivity (Wildman–Crippen MR) is 88.9 cm³/mol. The average Bonchev–Trinajstić information content (AvgIpc) is 2.59. The maximum atomic E-state index is 12.2. The molecule has 0 saturated heterocycles. The Labute approximate surface area is 136 Å². The van der Waals surface area contributed by atoms with Crippen molar-refractivity contribution in [3.05, 3.63) is 30.2 Å². The number of hydrogen-bond donors (Lipinski definition) is 3. The van der Waals surface area contributed by atoms with E-state index < -0.39 is 11.8 Å². The molecule has 1 unspecified atom stereocenters. The first-order valence-corrected chi connectivity index (χ1v) is 7.93. The van der Waals surface area contributed by atoms with Crippen LogP contribution in [0, 0.1) is 11.8 Å². The lowest BCUT2D eigenvalue weighted by Crippen LogP contribution is -2.41. The molecule has 6 heteroatoms. The molecule has 1 atom stereocenters. The number of amides is 2. The lowest BCUT2D eigenvalue weighted by atomic mass is 9.78. The highest BCUT2D eigenvalue weighted by atomic mass is 16.5. The van der Waals surface area contributed by atoms with Crippen LogP contribution in [0.4, 0.5) is 5.69 Å². The molecule has 0 aliphatic heterocycles. The second-order valence-electron chi connectivity index (χ2n) is 5.64. The van der Waals surface area contributed by atoms with E-state index in [2.05, 4.69) is 10.6 Å². The SMILES string of the molecule is COc1ccc(NCCNC(=O)[C]2CCCCC2C(N)=O)cc1. The van der Waals surface area contributed by atoms with Crippen LogP contribution in [0.25, 0.3) is 0 Å². The third kappa shape index (κ3) is 4.87. The Hall–Kier alpha value is -2.24. The van der Waals surface area contributed by atoms with Gasteiger partial charge in [0.05, 0.1) is 18.9 Å². The van der Waals surface area contributed by atoms with E-state index in [1.807, 2.05) is 24.3 Å². The summed E-state index contributed by atoms with van der Waals surface area (Å²) in [5.74, 6) is 0.484. The zero-order chi connectivity index (χ0) is 16.7. The molecule has 6 nitrogen and oxygen atoms in total. The fourth-order valence-electron chi connectivity index (χ4n) is 2.80. The largest absolute Gasteiger partial charge is 0.497 e. The Morgan fingerprint density at radius 2 is 1.96 bits per heavy atom. The first kappa shape index (κ1) is 17.1. The number of anilines is 1. The van der Waals surface area contributed by atoms with Crippen molar-refractivity contribution in [1.29, 1.82) is 0 Å². The topological polar surface area (TPSA) is 93.4 Å². The summed E-state index contributed by atoms with van der Waals surface area (Å²) in [4.78, 5) is 23.6. The summed E-state index contributed by atoms with van der Waals surface area (Å²) < 4.78 is 5.10. The number of hydrogen-bond acceptors (Lipinski definition) is 4. The Balaban J connectivity index is 1.74. The molecule has 1 saturated carbocycles. The Morgan fingerprint density at radius 3 is 2.61 bits per heavy atom. The lowest BCUT2D eigenvalue weighted by Gasteiger charge is -2.27. The minimum atomic E-state index is -0.404. The molecule has 1 aliphatic carbocycles. The highest BCUT2D eigenvalue weighted by Crippen LogP contribution is 2.31. The molecule has 4 N–H and O–H groups in total. The maximum Gasteiger partial charge on any atom is 0.228 e. The van der Waals surface area contributed by atoms with Crippen molar-refractivity contribution >= 4 is 17.5 Å². The molecule has 2 amide bonds. The van der Waals surface area contributed by atoms with E-state index in [-0.39, 0.29) is 5.91 Å². The van der Waals surface area contributed by atoms with E-state index in [1.165, 1.54) is 0 Å².